The number of hydrogen-bond acceptors (Lipinski definition) is 4. The van der Waals surface area contributed by atoms with Crippen LogP contribution in [0.25, 0.3) is 0 Å². The number of phenolic OH excluding ortho intramolecular Hbond substituents is 1. The monoisotopic (exact) mass is 340 g/mol. The minimum Gasteiger partial charge on any atom is -0.508 e. The van der Waals surface area contributed by atoms with E-state index >= 15 is 0 Å². The van der Waals surface area contributed by atoms with E-state index < -0.39 is 5.63 Å². The van der Waals surface area contributed by atoms with Crippen LogP contribution in [0, 0.1) is 5.92 Å². The van der Waals surface area contributed by atoms with Crippen LogP contribution in [-0.2, 0) is 12.8 Å². The molecule has 1 saturated carbocycles. The van der Waals surface area contributed by atoms with Gasteiger partial charge < -0.3 is 14.6 Å². The van der Waals surface area contributed by atoms with Gasteiger partial charge in [-0.15, -0.1) is 0 Å². The Morgan fingerprint density at radius 1 is 1.04 bits per heavy atom. The first-order valence-electron chi connectivity index (χ1n) is 9.32. The van der Waals surface area contributed by atoms with Crippen LogP contribution in [0.2, 0.25) is 0 Å². The Bertz CT molecular complexity index is 832. The quantitative estimate of drug-likeness (QED) is 0.876. The Balaban J connectivity index is 1.85. The van der Waals surface area contributed by atoms with E-state index in [0.717, 1.165) is 62.5 Å². The maximum absolute atomic E-state index is 12.8. The fourth-order valence-electron chi connectivity index (χ4n) is 4.12. The van der Waals surface area contributed by atoms with Crippen molar-refractivity contribution in [3.8, 4) is 11.5 Å². The molecule has 25 heavy (non-hydrogen) atoms. The summed E-state index contributed by atoms with van der Waals surface area (Å²) >= 11 is 0. The normalized spacial score (nSPS) is 18.9. The fourth-order valence-corrected chi connectivity index (χ4v) is 4.12. The molecule has 2 aromatic rings. The van der Waals surface area contributed by atoms with Crippen molar-refractivity contribution < 1.29 is 14.6 Å². The van der Waals surface area contributed by atoms with Crippen molar-refractivity contribution in [3.05, 3.63) is 57.1 Å². The van der Waals surface area contributed by atoms with Crippen molar-refractivity contribution in [2.45, 2.75) is 57.3 Å². The number of phenols is 1. The van der Waals surface area contributed by atoms with Crippen LogP contribution < -0.4 is 5.63 Å². The molecule has 4 nitrogen and oxygen atoms in total. The first kappa shape index (κ1) is 16.2. The summed E-state index contributed by atoms with van der Waals surface area (Å²) in [6, 6.07) is 7.01. The van der Waals surface area contributed by atoms with Gasteiger partial charge in [0, 0.05) is 17.9 Å². The van der Waals surface area contributed by atoms with E-state index in [1.54, 1.807) is 18.2 Å². The molecule has 0 radical (unpaired) electrons. The third-order valence-corrected chi connectivity index (χ3v) is 5.53. The van der Waals surface area contributed by atoms with Crippen molar-refractivity contribution in [1.29, 1.82) is 0 Å². The summed E-state index contributed by atoms with van der Waals surface area (Å²) in [6.45, 7) is 0. The number of fused-ring (bicyclic) bond motifs is 1. The molecule has 2 aliphatic carbocycles. The van der Waals surface area contributed by atoms with Crippen molar-refractivity contribution in [1.82, 2.24) is 0 Å². The summed E-state index contributed by atoms with van der Waals surface area (Å²) in [5.41, 5.74) is 1.65. The van der Waals surface area contributed by atoms with Gasteiger partial charge in [0.2, 0.25) is 0 Å². The Morgan fingerprint density at radius 3 is 2.52 bits per heavy atom. The van der Waals surface area contributed by atoms with E-state index in [1.807, 2.05) is 6.07 Å². The lowest BCUT2D eigenvalue weighted by atomic mass is 9.85. The third-order valence-electron chi connectivity index (χ3n) is 5.53. The summed E-state index contributed by atoms with van der Waals surface area (Å²) in [5.74, 6) is 1.09. The molecule has 0 aliphatic heterocycles. The van der Waals surface area contributed by atoms with Crippen LogP contribution in [0.1, 0.15) is 66.9 Å². The molecule has 4 heteroatoms. The minimum atomic E-state index is -0.419. The van der Waals surface area contributed by atoms with Gasteiger partial charge in [0.15, 0.2) is 0 Å². The van der Waals surface area contributed by atoms with E-state index in [-0.39, 0.29) is 17.4 Å². The SMILES string of the molecule is O=c1oc2c(c(O)c1C(c1cccc(O)c1)C1CC1)CCCCCC2. The predicted octanol–water partition coefficient (Wildman–Crippen LogP) is 4.25. The van der Waals surface area contributed by atoms with Gasteiger partial charge in [0.1, 0.15) is 17.3 Å². The second kappa shape index (κ2) is 6.58. The van der Waals surface area contributed by atoms with Crippen LogP contribution in [0.5, 0.6) is 11.5 Å². The van der Waals surface area contributed by atoms with Crippen LogP contribution in [0.4, 0.5) is 0 Å². The van der Waals surface area contributed by atoms with Crippen LogP contribution >= 0.6 is 0 Å². The number of hydrogen-bond donors (Lipinski definition) is 2. The lowest BCUT2D eigenvalue weighted by Crippen LogP contribution is -2.19. The molecule has 132 valence electrons. The lowest BCUT2D eigenvalue weighted by molar-refractivity contribution is 0.382. The molecule has 0 amide bonds. The molecule has 1 unspecified atom stereocenters. The van der Waals surface area contributed by atoms with Crippen molar-refractivity contribution in [3.63, 3.8) is 0 Å². The van der Waals surface area contributed by atoms with Gasteiger partial charge in [-0.2, -0.15) is 0 Å². The first-order valence-corrected chi connectivity index (χ1v) is 9.32. The number of aryl methyl sites for hydroxylation is 1. The number of aromatic hydroxyl groups is 2. The second-order valence-corrected chi connectivity index (χ2v) is 7.38. The standard InChI is InChI=1S/C21H24O4/c22-15-7-5-6-14(12-15)18(13-10-11-13)19-20(23)16-8-3-1-2-4-9-17(16)25-21(19)24/h5-7,12-13,18,22-23H,1-4,8-11H2. The van der Waals surface area contributed by atoms with Gasteiger partial charge in [0.25, 0.3) is 0 Å². The Labute approximate surface area is 147 Å². The fraction of sp³-hybridized carbons (Fsp3) is 0.476. The van der Waals surface area contributed by atoms with E-state index in [1.165, 1.54) is 0 Å². The van der Waals surface area contributed by atoms with Gasteiger partial charge in [-0.05, 0) is 55.7 Å². The Morgan fingerprint density at radius 2 is 1.80 bits per heavy atom. The van der Waals surface area contributed by atoms with Crippen molar-refractivity contribution in [2.75, 3.05) is 0 Å². The molecular formula is C21H24O4. The number of rotatable bonds is 3. The highest BCUT2D eigenvalue weighted by Gasteiger charge is 2.38. The van der Waals surface area contributed by atoms with Gasteiger partial charge in [-0.25, -0.2) is 4.79 Å². The molecule has 1 heterocycles. The summed E-state index contributed by atoms with van der Waals surface area (Å²) < 4.78 is 5.68. The van der Waals surface area contributed by atoms with Gasteiger partial charge in [-0.3, -0.25) is 0 Å². The Hall–Kier alpha value is -2.23. The zero-order valence-electron chi connectivity index (χ0n) is 14.3. The molecule has 1 fully saturated rings. The van der Waals surface area contributed by atoms with Crippen LogP contribution in [-0.4, -0.2) is 10.2 Å². The predicted molar refractivity (Wildman–Crippen MR) is 95.2 cm³/mol. The van der Waals surface area contributed by atoms with Crippen LogP contribution in [0.3, 0.4) is 0 Å². The molecule has 2 aliphatic rings. The lowest BCUT2D eigenvalue weighted by Gasteiger charge is -2.21. The topological polar surface area (TPSA) is 70.7 Å². The molecule has 1 aromatic heterocycles. The summed E-state index contributed by atoms with van der Waals surface area (Å²) in [6.07, 6.45) is 7.81. The molecule has 1 atom stereocenters. The minimum absolute atomic E-state index is 0.133. The van der Waals surface area contributed by atoms with Gasteiger partial charge in [0.05, 0.1) is 5.56 Å². The second-order valence-electron chi connectivity index (χ2n) is 7.38. The highest BCUT2D eigenvalue weighted by atomic mass is 16.4. The highest BCUT2D eigenvalue weighted by molar-refractivity contribution is 5.48. The molecule has 0 spiro atoms. The van der Waals surface area contributed by atoms with E-state index in [0.29, 0.717) is 17.2 Å². The molecular weight excluding hydrogens is 316 g/mol. The zero-order valence-corrected chi connectivity index (χ0v) is 14.3. The molecule has 4 rings (SSSR count). The van der Waals surface area contributed by atoms with Gasteiger partial charge in [-0.1, -0.05) is 25.0 Å². The van der Waals surface area contributed by atoms with Crippen molar-refractivity contribution in [2.24, 2.45) is 5.92 Å². The molecule has 2 N–H and O–H groups in total. The average Bonchev–Trinajstić information content (AvgIpc) is 3.38. The maximum Gasteiger partial charge on any atom is 0.343 e. The summed E-state index contributed by atoms with van der Waals surface area (Å²) in [7, 11) is 0. The molecule has 0 bridgehead atoms. The van der Waals surface area contributed by atoms with Crippen molar-refractivity contribution >= 4 is 0 Å². The molecule has 0 saturated heterocycles. The van der Waals surface area contributed by atoms with E-state index in [9.17, 15) is 15.0 Å². The first-order chi connectivity index (χ1) is 12.1. The van der Waals surface area contributed by atoms with E-state index in [4.69, 9.17) is 4.42 Å². The maximum atomic E-state index is 12.8. The number of benzene rings is 1. The van der Waals surface area contributed by atoms with Gasteiger partial charge >= 0.3 is 5.63 Å². The summed E-state index contributed by atoms with van der Waals surface area (Å²) in [4.78, 5) is 12.8. The Kier molecular flexibility index (Phi) is 4.28. The smallest absolute Gasteiger partial charge is 0.343 e. The zero-order chi connectivity index (χ0) is 17.4. The van der Waals surface area contributed by atoms with E-state index in [2.05, 4.69) is 0 Å². The summed E-state index contributed by atoms with van der Waals surface area (Å²) in [5, 5.41) is 20.8. The highest BCUT2D eigenvalue weighted by Crippen LogP contribution is 2.49. The average molecular weight is 340 g/mol. The van der Waals surface area contributed by atoms with Crippen LogP contribution in [0.15, 0.2) is 33.5 Å². The third kappa shape index (κ3) is 3.17. The largest absolute Gasteiger partial charge is 0.508 e. The molecule has 1 aromatic carbocycles.